The SMILES string of the molecule is CCCCC(O)CCCCCCCCCC(CC)S(=O)(=O)[O-].[K+]. The summed E-state index contributed by atoms with van der Waals surface area (Å²) in [6.07, 6.45) is 12.4. The zero-order valence-corrected chi connectivity index (χ0v) is 19.4. The van der Waals surface area contributed by atoms with E-state index in [1.807, 2.05) is 0 Å². The van der Waals surface area contributed by atoms with Crippen LogP contribution in [0.3, 0.4) is 0 Å². The van der Waals surface area contributed by atoms with Gasteiger partial charge in [-0.3, -0.25) is 0 Å². The summed E-state index contributed by atoms with van der Waals surface area (Å²) in [6, 6.07) is 0. The van der Waals surface area contributed by atoms with E-state index in [4.69, 9.17) is 0 Å². The summed E-state index contributed by atoms with van der Waals surface area (Å²) in [5.41, 5.74) is 0. The summed E-state index contributed by atoms with van der Waals surface area (Å²) in [7, 11) is -4.11. The van der Waals surface area contributed by atoms with E-state index in [1.54, 1.807) is 6.92 Å². The van der Waals surface area contributed by atoms with Crippen LogP contribution in [0.25, 0.3) is 0 Å². The Balaban J connectivity index is 0. The molecule has 0 aliphatic heterocycles. The second-order valence-corrected chi connectivity index (χ2v) is 8.02. The maximum absolute atomic E-state index is 10.9. The van der Waals surface area contributed by atoms with Gasteiger partial charge in [0.15, 0.2) is 0 Å². The van der Waals surface area contributed by atoms with E-state index in [0.717, 1.165) is 64.2 Å². The van der Waals surface area contributed by atoms with E-state index in [9.17, 15) is 18.1 Å². The molecule has 0 aromatic rings. The molecule has 6 heteroatoms. The first-order valence-electron chi connectivity index (χ1n) is 9.04. The van der Waals surface area contributed by atoms with Crippen molar-refractivity contribution in [2.24, 2.45) is 0 Å². The average Bonchev–Trinajstić information content (AvgIpc) is 2.45. The number of aliphatic hydroxyl groups excluding tert-OH is 1. The van der Waals surface area contributed by atoms with Gasteiger partial charge < -0.3 is 9.66 Å². The van der Waals surface area contributed by atoms with Gasteiger partial charge in [-0.2, -0.15) is 0 Å². The van der Waals surface area contributed by atoms with Crippen molar-refractivity contribution in [3.05, 3.63) is 0 Å². The second kappa shape index (κ2) is 16.9. The summed E-state index contributed by atoms with van der Waals surface area (Å²) >= 11 is 0. The summed E-state index contributed by atoms with van der Waals surface area (Å²) in [5, 5.41) is 9.02. The fraction of sp³-hybridized carbons (Fsp3) is 1.00. The maximum atomic E-state index is 10.9. The maximum Gasteiger partial charge on any atom is 1.00 e. The van der Waals surface area contributed by atoms with Gasteiger partial charge in [-0.1, -0.05) is 71.6 Å². The van der Waals surface area contributed by atoms with Crippen LogP contribution in [0.15, 0.2) is 0 Å². The number of hydrogen-bond acceptors (Lipinski definition) is 4. The molecule has 0 spiro atoms. The predicted molar refractivity (Wildman–Crippen MR) is 90.9 cm³/mol. The van der Waals surface area contributed by atoms with Crippen molar-refractivity contribution in [1.82, 2.24) is 0 Å². The van der Waals surface area contributed by atoms with Crippen LogP contribution < -0.4 is 51.4 Å². The minimum absolute atomic E-state index is 0. The molecule has 0 heterocycles. The molecule has 0 radical (unpaired) electrons. The van der Waals surface area contributed by atoms with Gasteiger partial charge >= 0.3 is 51.4 Å². The van der Waals surface area contributed by atoms with Crippen molar-refractivity contribution >= 4 is 10.1 Å². The van der Waals surface area contributed by atoms with Crippen LogP contribution in [-0.2, 0) is 10.1 Å². The van der Waals surface area contributed by atoms with Crippen molar-refractivity contribution in [3.8, 4) is 0 Å². The van der Waals surface area contributed by atoms with Gasteiger partial charge in [-0.15, -0.1) is 0 Å². The Bertz CT molecular complexity index is 347. The number of unbranched alkanes of at least 4 members (excludes halogenated alkanes) is 7. The summed E-state index contributed by atoms with van der Waals surface area (Å²) in [4.78, 5) is 0. The topological polar surface area (TPSA) is 77.4 Å². The molecule has 2 unspecified atom stereocenters. The molecule has 4 nitrogen and oxygen atoms in total. The molecule has 0 fully saturated rings. The van der Waals surface area contributed by atoms with E-state index >= 15 is 0 Å². The van der Waals surface area contributed by atoms with Gasteiger partial charge in [0.05, 0.1) is 16.2 Å². The molecule has 0 saturated heterocycles. The fourth-order valence-electron chi connectivity index (χ4n) is 2.77. The molecule has 0 saturated carbocycles. The third-order valence-corrected chi connectivity index (χ3v) is 5.70. The third kappa shape index (κ3) is 16.7. The molecule has 0 rings (SSSR count). The quantitative estimate of drug-likeness (QED) is 0.267. The molecule has 0 aliphatic rings. The zero-order chi connectivity index (χ0) is 16.8. The molecular weight excluding hydrogens is 339 g/mol. The van der Waals surface area contributed by atoms with Gasteiger partial charge in [0.1, 0.15) is 0 Å². The van der Waals surface area contributed by atoms with E-state index in [1.165, 1.54) is 6.42 Å². The molecule has 2 atom stereocenters. The van der Waals surface area contributed by atoms with E-state index in [2.05, 4.69) is 6.92 Å². The van der Waals surface area contributed by atoms with Crippen molar-refractivity contribution in [1.29, 1.82) is 0 Å². The predicted octanol–water partition coefficient (Wildman–Crippen LogP) is 1.38. The Kier molecular flexibility index (Phi) is 19.7. The Hall–Kier alpha value is 1.51. The molecule has 0 aliphatic carbocycles. The minimum Gasteiger partial charge on any atom is -0.748 e. The first kappa shape index (κ1) is 26.7. The minimum atomic E-state index is -4.11. The molecule has 1 N–H and O–H groups in total. The van der Waals surface area contributed by atoms with Crippen LogP contribution in [0, 0.1) is 0 Å². The van der Waals surface area contributed by atoms with Gasteiger partial charge in [0, 0.05) is 5.25 Å². The van der Waals surface area contributed by atoms with Gasteiger partial charge in [-0.25, -0.2) is 8.42 Å². The van der Waals surface area contributed by atoms with Crippen molar-refractivity contribution in [2.45, 2.75) is 109 Å². The van der Waals surface area contributed by atoms with E-state index in [-0.39, 0.29) is 57.5 Å². The van der Waals surface area contributed by atoms with Gasteiger partial charge in [0.2, 0.25) is 0 Å². The normalized spacial score (nSPS) is 14.3. The number of rotatable bonds is 15. The molecule has 0 amide bonds. The van der Waals surface area contributed by atoms with Gasteiger partial charge in [0.25, 0.3) is 0 Å². The first-order valence-corrected chi connectivity index (χ1v) is 10.5. The molecule has 134 valence electrons. The molecule has 0 bridgehead atoms. The van der Waals surface area contributed by atoms with Crippen LogP contribution in [-0.4, -0.2) is 29.4 Å². The van der Waals surface area contributed by atoms with Crippen LogP contribution in [0.1, 0.15) is 97.3 Å². The first-order chi connectivity index (χ1) is 10.4. The van der Waals surface area contributed by atoms with E-state index in [0.29, 0.717) is 12.8 Å². The Morgan fingerprint density at radius 3 is 1.70 bits per heavy atom. The van der Waals surface area contributed by atoms with Crippen molar-refractivity contribution < 1.29 is 69.5 Å². The summed E-state index contributed by atoms with van der Waals surface area (Å²) in [5.74, 6) is 0. The second-order valence-electron chi connectivity index (χ2n) is 6.37. The molecule has 23 heavy (non-hydrogen) atoms. The fourth-order valence-corrected chi connectivity index (χ4v) is 3.64. The molecule has 0 aromatic carbocycles. The number of hydrogen-bond donors (Lipinski definition) is 1. The van der Waals surface area contributed by atoms with Crippen LogP contribution >= 0.6 is 0 Å². The average molecular weight is 375 g/mol. The zero-order valence-electron chi connectivity index (χ0n) is 15.4. The monoisotopic (exact) mass is 374 g/mol. The standard InChI is InChI=1S/C17H36O4S.K/c1-3-5-13-16(18)14-11-9-7-6-8-10-12-15-17(4-2)22(19,20)21;/h16-18H,3-15H2,1-2H3,(H,19,20,21);/q;+1/p-1. The van der Waals surface area contributed by atoms with Crippen LogP contribution in [0.4, 0.5) is 0 Å². The summed E-state index contributed by atoms with van der Waals surface area (Å²) in [6.45, 7) is 3.90. The Morgan fingerprint density at radius 2 is 1.26 bits per heavy atom. The largest absolute Gasteiger partial charge is 1.00 e. The number of aliphatic hydroxyl groups is 1. The van der Waals surface area contributed by atoms with Crippen LogP contribution in [0.2, 0.25) is 0 Å². The Morgan fingerprint density at radius 1 is 0.826 bits per heavy atom. The van der Waals surface area contributed by atoms with Gasteiger partial charge in [-0.05, 0) is 25.7 Å². The van der Waals surface area contributed by atoms with E-state index < -0.39 is 15.4 Å². The third-order valence-electron chi connectivity index (χ3n) is 4.32. The van der Waals surface area contributed by atoms with Crippen LogP contribution in [0.5, 0.6) is 0 Å². The van der Waals surface area contributed by atoms with Crippen molar-refractivity contribution in [3.63, 3.8) is 0 Å². The molecule has 0 aromatic heterocycles. The Labute approximate surface area is 186 Å². The smallest absolute Gasteiger partial charge is 0.748 e. The summed E-state index contributed by atoms with van der Waals surface area (Å²) < 4.78 is 32.8. The van der Waals surface area contributed by atoms with Crippen molar-refractivity contribution in [2.75, 3.05) is 0 Å². The molecular formula is C17H35KO4S.